The molecule has 8 nitrogen and oxygen atoms in total. The number of aryl methyl sites for hydroxylation is 1. The van der Waals surface area contributed by atoms with E-state index in [0.717, 1.165) is 40.8 Å². The summed E-state index contributed by atoms with van der Waals surface area (Å²) >= 11 is 0. The molecule has 0 aliphatic carbocycles. The minimum absolute atomic E-state index is 0.103. The van der Waals surface area contributed by atoms with Crippen LogP contribution in [0, 0.1) is 0 Å². The fourth-order valence-electron chi connectivity index (χ4n) is 4.16. The molecule has 0 fully saturated rings. The third-order valence-corrected chi connectivity index (χ3v) is 5.73. The molecule has 0 atom stereocenters. The van der Waals surface area contributed by atoms with Gasteiger partial charge in [0, 0.05) is 43.7 Å². The number of imidazole rings is 1. The van der Waals surface area contributed by atoms with Gasteiger partial charge in [-0.25, -0.2) is 15.0 Å². The summed E-state index contributed by atoms with van der Waals surface area (Å²) in [4.78, 5) is 16.2. The van der Waals surface area contributed by atoms with Crippen molar-refractivity contribution in [2.45, 2.75) is 13.1 Å². The van der Waals surface area contributed by atoms with Crippen molar-refractivity contribution in [2.24, 2.45) is 7.05 Å². The number of H-pyrrole nitrogens is 1. The number of aromatic amines is 1. The first-order valence-corrected chi connectivity index (χ1v) is 10.0. The first kappa shape index (κ1) is 17.8. The molecule has 0 amide bonds. The molecule has 152 valence electrons. The molecule has 3 aromatic heterocycles. The Bertz CT molecular complexity index is 1380. The van der Waals surface area contributed by atoms with Crippen molar-refractivity contribution >= 4 is 11.0 Å². The highest BCUT2D eigenvalue weighted by atomic mass is 16.3. The normalized spacial score (nSPS) is 13.1. The van der Waals surface area contributed by atoms with E-state index in [1.807, 2.05) is 31.3 Å². The number of hydrogen-bond donors (Lipinski definition) is 3. The second-order valence-electron chi connectivity index (χ2n) is 7.70. The fraction of sp³-hybridized carbons (Fsp3) is 0.130. The minimum atomic E-state index is 0.103. The van der Waals surface area contributed by atoms with Gasteiger partial charge < -0.3 is 15.4 Å². The van der Waals surface area contributed by atoms with Crippen LogP contribution in [0.1, 0.15) is 11.1 Å². The standard InChI is InChI=1S/C23H19N7O/c1-30-21(23-27-18-6-15-8-24-9-16(15)7-19(18)28-23)22(31)20(29-30)14-4-2-13(3-5-14)17-10-25-12-26-11-17/h2-7,10-12,24,31H,8-9H2,1H3,(H,27,28). The van der Waals surface area contributed by atoms with E-state index in [1.54, 1.807) is 17.1 Å². The molecular weight excluding hydrogens is 390 g/mol. The van der Waals surface area contributed by atoms with E-state index in [1.165, 1.54) is 17.5 Å². The number of aromatic hydroxyl groups is 1. The van der Waals surface area contributed by atoms with Gasteiger partial charge in [-0.2, -0.15) is 5.10 Å². The molecule has 3 N–H and O–H groups in total. The molecule has 0 spiro atoms. The van der Waals surface area contributed by atoms with Gasteiger partial charge in [0.05, 0.1) is 11.0 Å². The van der Waals surface area contributed by atoms with Gasteiger partial charge in [0.2, 0.25) is 0 Å². The van der Waals surface area contributed by atoms with Crippen LogP contribution in [0.15, 0.2) is 55.1 Å². The molecule has 31 heavy (non-hydrogen) atoms. The van der Waals surface area contributed by atoms with Crippen molar-refractivity contribution in [2.75, 3.05) is 0 Å². The number of rotatable bonds is 3. The topological polar surface area (TPSA) is 105 Å². The van der Waals surface area contributed by atoms with Crippen LogP contribution < -0.4 is 5.32 Å². The molecule has 0 unspecified atom stereocenters. The lowest BCUT2D eigenvalue weighted by Crippen LogP contribution is -1.99. The Morgan fingerprint density at radius 3 is 2.42 bits per heavy atom. The lowest BCUT2D eigenvalue weighted by Gasteiger charge is -2.02. The van der Waals surface area contributed by atoms with E-state index < -0.39 is 0 Å². The van der Waals surface area contributed by atoms with Gasteiger partial charge in [-0.05, 0) is 28.8 Å². The maximum atomic E-state index is 11.0. The van der Waals surface area contributed by atoms with Gasteiger partial charge >= 0.3 is 0 Å². The predicted octanol–water partition coefficient (Wildman–Crippen LogP) is 3.40. The summed E-state index contributed by atoms with van der Waals surface area (Å²) in [7, 11) is 1.81. The van der Waals surface area contributed by atoms with Gasteiger partial charge in [-0.15, -0.1) is 0 Å². The third-order valence-electron chi connectivity index (χ3n) is 5.73. The number of fused-ring (bicyclic) bond motifs is 2. The van der Waals surface area contributed by atoms with Crippen LogP contribution in [0.3, 0.4) is 0 Å². The Morgan fingerprint density at radius 1 is 0.935 bits per heavy atom. The van der Waals surface area contributed by atoms with E-state index in [0.29, 0.717) is 17.2 Å². The average molecular weight is 409 g/mol. The lowest BCUT2D eigenvalue weighted by molar-refractivity contribution is 0.478. The van der Waals surface area contributed by atoms with Crippen molar-refractivity contribution in [3.63, 3.8) is 0 Å². The fourth-order valence-corrected chi connectivity index (χ4v) is 4.16. The molecule has 0 radical (unpaired) electrons. The molecule has 0 saturated heterocycles. The van der Waals surface area contributed by atoms with Crippen molar-refractivity contribution in [3.8, 4) is 39.7 Å². The molecule has 0 saturated carbocycles. The van der Waals surface area contributed by atoms with Crippen LogP contribution in [0.5, 0.6) is 5.75 Å². The SMILES string of the molecule is Cn1nc(-c2ccc(-c3cncnc3)cc2)c(O)c1-c1nc2cc3c(cc2[nH]1)CNC3. The maximum absolute atomic E-state index is 11.0. The van der Waals surface area contributed by atoms with Gasteiger partial charge in [0.15, 0.2) is 11.6 Å². The highest BCUT2D eigenvalue weighted by molar-refractivity contribution is 5.84. The monoisotopic (exact) mass is 409 g/mol. The number of nitrogens with one attached hydrogen (secondary N) is 2. The van der Waals surface area contributed by atoms with Gasteiger partial charge in [-0.1, -0.05) is 24.3 Å². The maximum Gasteiger partial charge on any atom is 0.173 e. The Morgan fingerprint density at radius 2 is 1.65 bits per heavy atom. The number of benzene rings is 2. The van der Waals surface area contributed by atoms with Gasteiger partial charge in [0.25, 0.3) is 0 Å². The average Bonchev–Trinajstić information content (AvgIpc) is 3.49. The first-order chi connectivity index (χ1) is 15.2. The van der Waals surface area contributed by atoms with E-state index in [-0.39, 0.29) is 5.75 Å². The van der Waals surface area contributed by atoms with Crippen molar-refractivity contribution in [1.29, 1.82) is 0 Å². The van der Waals surface area contributed by atoms with Crippen molar-refractivity contribution in [3.05, 3.63) is 66.2 Å². The Balaban J connectivity index is 1.39. The number of aromatic nitrogens is 6. The van der Waals surface area contributed by atoms with Gasteiger partial charge in [-0.3, -0.25) is 4.68 Å². The lowest BCUT2D eigenvalue weighted by atomic mass is 10.0. The number of nitrogens with zero attached hydrogens (tertiary/aromatic N) is 5. The van der Waals surface area contributed by atoms with E-state index in [4.69, 9.17) is 4.98 Å². The smallest absolute Gasteiger partial charge is 0.173 e. The van der Waals surface area contributed by atoms with E-state index in [9.17, 15) is 5.11 Å². The number of hydrogen-bond acceptors (Lipinski definition) is 6. The summed E-state index contributed by atoms with van der Waals surface area (Å²) in [6, 6.07) is 12.0. The molecular formula is C23H19N7O. The molecule has 0 bridgehead atoms. The molecule has 8 heteroatoms. The molecule has 6 rings (SSSR count). The Kier molecular flexibility index (Phi) is 3.87. The summed E-state index contributed by atoms with van der Waals surface area (Å²) in [6.07, 6.45) is 5.05. The molecule has 4 heterocycles. The summed E-state index contributed by atoms with van der Waals surface area (Å²) in [5.41, 5.74) is 8.21. The summed E-state index contributed by atoms with van der Waals surface area (Å²) < 4.78 is 1.66. The predicted molar refractivity (Wildman–Crippen MR) is 117 cm³/mol. The summed E-state index contributed by atoms with van der Waals surface area (Å²) in [5, 5.41) is 18.9. The Hall–Kier alpha value is -4.04. The van der Waals surface area contributed by atoms with Crippen molar-refractivity contribution < 1.29 is 5.11 Å². The molecule has 1 aliphatic rings. The van der Waals surface area contributed by atoms with Crippen LogP contribution in [-0.4, -0.2) is 34.8 Å². The van der Waals surface area contributed by atoms with Crippen LogP contribution in [-0.2, 0) is 20.1 Å². The molecule has 1 aliphatic heterocycles. The third kappa shape index (κ3) is 2.88. The largest absolute Gasteiger partial charge is 0.504 e. The quantitative estimate of drug-likeness (QED) is 0.422. The summed E-state index contributed by atoms with van der Waals surface area (Å²) in [6.45, 7) is 1.73. The zero-order chi connectivity index (χ0) is 20.9. The second-order valence-corrected chi connectivity index (χ2v) is 7.70. The van der Waals surface area contributed by atoms with E-state index in [2.05, 4.69) is 37.5 Å². The van der Waals surface area contributed by atoms with Crippen LogP contribution in [0.4, 0.5) is 0 Å². The molecule has 2 aromatic carbocycles. The zero-order valence-corrected chi connectivity index (χ0v) is 16.8. The first-order valence-electron chi connectivity index (χ1n) is 10.0. The summed E-state index contributed by atoms with van der Waals surface area (Å²) in [5.74, 6) is 0.704. The van der Waals surface area contributed by atoms with Crippen LogP contribution in [0.25, 0.3) is 44.9 Å². The van der Waals surface area contributed by atoms with Crippen LogP contribution >= 0.6 is 0 Å². The zero-order valence-electron chi connectivity index (χ0n) is 16.8. The van der Waals surface area contributed by atoms with Crippen LogP contribution in [0.2, 0.25) is 0 Å². The van der Waals surface area contributed by atoms with Gasteiger partial charge in [0.1, 0.15) is 17.7 Å². The minimum Gasteiger partial charge on any atom is -0.504 e. The van der Waals surface area contributed by atoms with E-state index >= 15 is 0 Å². The second kappa shape index (κ2) is 6.75. The van der Waals surface area contributed by atoms with Crippen molar-refractivity contribution in [1.82, 2.24) is 35.0 Å². The highest BCUT2D eigenvalue weighted by Gasteiger charge is 2.22. The highest BCUT2D eigenvalue weighted by Crippen LogP contribution is 2.38. The molecule has 5 aromatic rings. The Labute approximate surface area is 177 Å².